The van der Waals surface area contributed by atoms with Crippen LogP contribution in [0.2, 0.25) is 0 Å². The van der Waals surface area contributed by atoms with Crippen molar-refractivity contribution in [2.24, 2.45) is 0 Å². The molecule has 0 aromatic carbocycles. The SMILES string of the molecule is CCCCS(=O)(=O)N1CCN(c2ccc(Br)cn2)CC1. The molecule has 0 spiro atoms. The molecule has 1 fully saturated rings. The van der Waals surface area contributed by atoms with Crippen molar-refractivity contribution in [2.45, 2.75) is 19.8 Å². The van der Waals surface area contributed by atoms with E-state index in [4.69, 9.17) is 0 Å². The van der Waals surface area contributed by atoms with Crippen LogP contribution in [0.15, 0.2) is 22.8 Å². The highest BCUT2D eigenvalue weighted by Gasteiger charge is 2.26. The summed E-state index contributed by atoms with van der Waals surface area (Å²) in [5, 5.41) is 0. The lowest BCUT2D eigenvalue weighted by molar-refractivity contribution is 0.383. The van der Waals surface area contributed by atoms with E-state index in [2.05, 4.69) is 25.8 Å². The van der Waals surface area contributed by atoms with Crippen molar-refractivity contribution in [2.75, 3.05) is 36.8 Å². The molecule has 0 atom stereocenters. The van der Waals surface area contributed by atoms with Crippen LogP contribution in [-0.2, 0) is 10.0 Å². The van der Waals surface area contributed by atoms with Gasteiger partial charge >= 0.3 is 0 Å². The van der Waals surface area contributed by atoms with Gasteiger partial charge in [0.25, 0.3) is 0 Å². The third kappa shape index (κ3) is 3.93. The van der Waals surface area contributed by atoms with E-state index in [9.17, 15) is 8.42 Å². The number of hydrogen-bond acceptors (Lipinski definition) is 4. The summed E-state index contributed by atoms with van der Waals surface area (Å²) in [5.41, 5.74) is 0. The molecule has 112 valence electrons. The summed E-state index contributed by atoms with van der Waals surface area (Å²) in [6.45, 7) is 4.49. The predicted octanol–water partition coefficient (Wildman–Crippen LogP) is 2.10. The number of hydrogen-bond donors (Lipinski definition) is 0. The van der Waals surface area contributed by atoms with E-state index in [1.165, 1.54) is 0 Å². The van der Waals surface area contributed by atoms with Gasteiger partial charge in [0.1, 0.15) is 5.82 Å². The molecule has 0 unspecified atom stereocenters. The summed E-state index contributed by atoms with van der Waals surface area (Å²) in [5.74, 6) is 1.17. The lowest BCUT2D eigenvalue weighted by Crippen LogP contribution is -2.49. The molecular formula is C13H20BrN3O2S. The molecule has 0 bridgehead atoms. The van der Waals surface area contributed by atoms with Crippen LogP contribution in [-0.4, -0.2) is 49.6 Å². The van der Waals surface area contributed by atoms with E-state index in [0.717, 1.165) is 23.1 Å². The molecule has 5 nitrogen and oxygen atoms in total. The van der Waals surface area contributed by atoms with Crippen LogP contribution in [0.25, 0.3) is 0 Å². The molecule has 7 heteroatoms. The Morgan fingerprint density at radius 2 is 1.95 bits per heavy atom. The molecule has 0 amide bonds. The van der Waals surface area contributed by atoms with Gasteiger partial charge in [-0.2, -0.15) is 4.31 Å². The Kier molecular flexibility index (Phi) is 5.40. The molecule has 1 aromatic rings. The lowest BCUT2D eigenvalue weighted by atomic mass is 10.3. The van der Waals surface area contributed by atoms with Crippen LogP contribution in [0.1, 0.15) is 19.8 Å². The maximum atomic E-state index is 12.1. The van der Waals surface area contributed by atoms with Gasteiger partial charge in [-0.1, -0.05) is 13.3 Å². The topological polar surface area (TPSA) is 53.5 Å². The van der Waals surface area contributed by atoms with Crippen molar-refractivity contribution < 1.29 is 8.42 Å². The average molecular weight is 362 g/mol. The lowest BCUT2D eigenvalue weighted by Gasteiger charge is -2.34. The summed E-state index contributed by atoms with van der Waals surface area (Å²) in [6.07, 6.45) is 3.40. The molecule has 20 heavy (non-hydrogen) atoms. The van der Waals surface area contributed by atoms with Crippen molar-refractivity contribution in [3.63, 3.8) is 0 Å². The van der Waals surface area contributed by atoms with Gasteiger partial charge in [0, 0.05) is 36.8 Å². The minimum atomic E-state index is -3.08. The smallest absolute Gasteiger partial charge is 0.214 e. The first kappa shape index (κ1) is 15.7. The Balaban J connectivity index is 1.93. The van der Waals surface area contributed by atoms with Gasteiger partial charge in [0.2, 0.25) is 10.0 Å². The first-order valence-corrected chi connectivity index (χ1v) is 9.27. The fourth-order valence-electron chi connectivity index (χ4n) is 2.21. The zero-order chi connectivity index (χ0) is 14.6. The maximum Gasteiger partial charge on any atom is 0.214 e. The Hall–Kier alpha value is -0.660. The Bertz CT molecular complexity index is 525. The molecule has 0 radical (unpaired) electrons. The highest BCUT2D eigenvalue weighted by Crippen LogP contribution is 2.18. The van der Waals surface area contributed by atoms with Crippen LogP contribution in [0, 0.1) is 0 Å². The molecule has 2 rings (SSSR count). The zero-order valence-electron chi connectivity index (χ0n) is 11.6. The number of unbranched alkanes of at least 4 members (excludes halogenated alkanes) is 1. The first-order chi connectivity index (χ1) is 9.53. The standard InChI is InChI=1S/C13H20BrN3O2S/c1-2-3-10-20(18,19)17-8-6-16(7-9-17)13-5-4-12(14)11-15-13/h4-5,11H,2-3,6-10H2,1H3. The van der Waals surface area contributed by atoms with Gasteiger partial charge in [-0.15, -0.1) is 0 Å². The molecule has 1 saturated heterocycles. The van der Waals surface area contributed by atoms with Crippen LogP contribution in [0.4, 0.5) is 5.82 Å². The highest BCUT2D eigenvalue weighted by molar-refractivity contribution is 9.10. The highest BCUT2D eigenvalue weighted by atomic mass is 79.9. The molecular weight excluding hydrogens is 342 g/mol. The summed E-state index contributed by atoms with van der Waals surface area (Å²) in [4.78, 5) is 6.47. The van der Waals surface area contributed by atoms with Gasteiger partial charge in [0.15, 0.2) is 0 Å². The number of piperazine rings is 1. The third-order valence-electron chi connectivity index (χ3n) is 3.42. The molecule has 1 aliphatic heterocycles. The normalized spacial score (nSPS) is 17.4. The van der Waals surface area contributed by atoms with Crippen LogP contribution in [0.3, 0.4) is 0 Å². The minimum absolute atomic E-state index is 0.264. The monoisotopic (exact) mass is 361 g/mol. The van der Waals surface area contributed by atoms with Crippen LogP contribution < -0.4 is 4.90 Å². The van der Waals surface area contributed by atoms with E-state index < -0.39 is 10.0 Å². The van der Waals surface area contributed by atoms with Gasteiger partial charge in [0.05, 0.1) is 5.75 Å². The number of pyridine rings is 1. The molecule has 0 saturated carbocycles. The second kappa shape index (κ2) is 6.87. The Morgan fingerprint density at radius 3 is 2.50 bits per heavy atom. The van der Waals surface area contributed by atoms with Crippen molar-refractivity contribution in [1.29, 1.82) is 0 Å². The number of aromatic nitrogens is 1. The summed E-state index contributed by atoms with van der Waals surface area (Å²) in [6, 6.07) is 3.90. The van der Waals surface area contributed by atoms with E-state index in [1.54, 1.807) is 10.5 Å². The van der Waals surface area contributed by atoms with Crippen molar-refractivity contribution in [3.05, 3.63) is 22.8 Å². The number of rotatable bonds is 5. The quantitative estimate of drug-likeness (QED) is 0.805. The van der Waals surface area contributed by atoms with Gasteiger partial charge in [-0.05, 0) is 34.5 Å². The fourth-order valence-corrected chi connectivity index (χ4v) is 4.07. The molecule has 0 N–H and O–H groups in total. The predicted molar refractivity (Wildman–Crippen MR) is 84.4 cm³/mol. The van der Waals surface area contributed by atoms with E-state index in [-0.39, 0.29) is 5.75 Å². The van der Waals surface area contributed by atoms with Crippen molar-refractivity contribution in [1.82, 2.24) is 9.29 Å². The zero-order valence-corrected chi connectivity index (χ0v) is 14.0. The Morgan fingerprint density at radius 1 is 1.25 bits per heavy atom. The summed E-state index contributed by atoms with van der Waals surface area (Å²) in [7, 11) is -3.08. The van der Waals surface area contributed by atoms with Crippen LogP contribution >= 0.6 is 15.9 Å². The average Bonchev–Trinajstić information content (AvgIpc) is 2.46. The van der Waals surface area contributed by atoms with E-state index in [0.29, 0.717) is 26.2 Å². The number of anilines is 1. The number of halogens is 1. The molecule has 0 aliphatic carbocycles. The Labute approximate surface area is 129 Å². The maximum absolute atomic E-state index is 12.1. The molecule has 2 heterocycles. The van der Waals surface area contributed by atoms with E-state index >= 15 is 0 Å². The second-order valence-corrected chi connectivity index (χ2v) is 7.89. The second-order valence-electron chi connectivity index (χ2n) is 4.89. The fraction of sp³-hybridized carbons (Fsp3) is 0.615. The van der Waals surface area contributed by atoms with Gasteiger partial charge < -0.3 is 4.90 Å². The summed E-state index contributed by atoms with van der Waals surface area (Å²) >= 11 is 3.36. The number of nitrogens with zero attached hydrogens (tertiary/aromatic N) is 3. The van der Waals surface area contributed by atoms with Crippen molar-refractivity contribution >= 4 is 31.8 Å². The van der Waals surface area contributed by atoms with Gasteiger partial charge in [-0.3, -0.25) is 0 Å². The van der Waals surface area contributed by atoms with Crippen molar-refractivity contribution in [3.8, 4) is 0 Å². The van der Waals surface area contributed by atoms with Crippen LogP contribution in [0.5, 0.6) is 0 Å². The van der Waals surface area contributed by atoms with Gasteiger partial charge in [-0.25, -0.2) is 13.4 Å². The largest absolute Gasteiger partial charge is 0.354 e. The third-order valence-corrected chi connectivity index (χ3v) is 5.85. The summed E-state index contributed by atoms with van der Waals surface area (Å²) < 4.78 is 26.8. The first-order valence-electron chi connectivity index (χ1n) is 6.87. The molecule has 1 aromatic heterocycles. The minimum Gasteiger partial charge on any atom is -0.354 e. The molecule has 1 aliphatic rings. The van der Waals surface area contributed by atoms with E-state index in [1.807, 2.05) is 19.1 Å². The number of sulfonamides is 1.